The Morgan fingerprint density at radius 2 is 1.71 bits per heavy atom. The van der Waals surface area contributed by atoms with Crippen LogP contribution in [0.3, 0.4) is 0 Å². The maximum absolute atomic E-state index is 13.5. The molecule has 3 N–H and O–H groups in total. The third-order valence-corrected chi connectivity index (χ3v) is 6.61. The number of aliphatic carboxylic acids is 1. The highest BCUT2D eigenvalue weighted by molar-refractivity contribution is 6.08. The van der Waals surface area contributed by atoms with E-state index in [0.717, 1.165) is 21.7 Å². The van der Waals surface area contributed by atoms with E-state index in [-0.39, 0.29) is 18.9 Å². The third-order valence-electron chi connectivity index (χ3n) is 6.61. The van der Waals surface area contributed by atoms with E-state index >= 15 is 0 Å². The average Bonchev–Trinajstić information content (AvgIpc) is 3.42. The first-order valence-electron chi connectivity index (χ1n) is 11.4. The number of nitrogens with zero attached hydrogens (tertiary/aromatic N) is 2. The van der Waals surface area contributed by atoms with Gasteiger partial charge in [-0.2, -0.15) is 0 Å². The number of aromatic nitrogens is 1. The quantitative estimate of drug-likeness (QED) is 0.414. The molecule has 1 saturated heterocycles. The van der Waals surface area contributed by atoms with Crippen molar-refractivity contribution >= 4 is 39.5 Å². The van der Waals surface area contributed by atoms with Crippen molar-refractivity contribution in [1.29, 1.82) is 0 Å². The number of likely N-dealkylation sites (tertiary alicyclic amines) is 1. The molecule has 8 heteroatoms. The number of hydrogen-bond acceptors (Lipinski definition) is 4. The predicted molar refractivity (Wildman–Crippen MR) is 131 cm³/mol. The molecule has 3 unspecified atom stereocenters. The van der Waals surface area contributed by atoms with Crippen LogP contribution in [0.15, 0.2) is 72.9 Å². The minimum atomic E-state index is -1.29. The van der Waals surface area contributed by atoms with Crippen LogP contribution in [0, 0.1) is 0 Å². The summed E-state index contributed by atoms with van der Waals surface area (Å²) in [5.74, 6) is -2.20. The van der Waals surface area contributed by atoms with Gasteiger partial charge in [-0.15, -0.1) is 0 Å². The zero-order chi connectivity index (χ0) is 24.7. The van der Waals surface area contributed by atoms with Gasteiger partial charge in [-0.3, -0.25) is 9.59 Å². The molecule has 2 amide bonds. The van der Waals surface area contributed by atoms with E-state index in [9.17, 15) is 24.6 Å². The molecule has 0 saturated carbocycles. The molecule has 1 aliphatic heterocycles. The lowest BCUT2D eigenvalue weighted by molar-refractivity contribution is -0.142. The van der Waals surface area contributed by atoms with Gasteiger partial charge in [-0.05, 0) is 28.5 Å². The smallest absolute Gasteiger partial charge is 0.330 e. The Hall–Kier alpha value is -4.17. The van der Waals surface area contributed by atoms with Crippen molar-refractivity contribution in [3.63, 3.8) is 0 Å². The summed E-state index contributed by atoms with van der Waals surface area (Å²) in [6.45, 7) is -0.00610. The highest BCUT2D eigenvalue weighted by atomic mass is 16.4. The van der Waals surface area contributed by atoms with Crippen molar-refractivity contribution in [2.75, 3.05) is 6.54 Å². The van der Waals surface area contributed by atoms with Crippen LogP contribution in [0.4, 0.5) is 0 Å². The summed E-state index contributed by atoms with van der Waals surface area (Å²) < 4.78 is 1.84. The number of carboxylic acid groups (broad SMARTS) is 1. The van der Waals surface area contributed by atoms with Gasteiger partial charge in [-0.25, -0.2) is 4.79 Å². The van der Waals surface area contributed by atoms with Crippen LogP contribution in [-0.2, 0) is 16.6 Å². The maximum Gasteiger partial charge on any atom is 0.330 e. The van der Waals surface area contributed by atoms with Gasteiger partial charge in [0.25, 0.3) is 5.91 Å². The summed E-state index contributed by atoms with van der Waals surface area (Å²) in [6, 6.07) is 17.9. The number of fused-ring (bicyclic) bond motifs is 2. The first-order chi connectivity index (χ1) is 16.8. The maximum atomic E-state index is 13.5. The fraction of sp³-hybridized carbons (Fsp3) is 0.222. The van der Waals surface area contributed by atoms with Gasteiger partial charge in [0.1, 0.15) is 6.04 Å². The normalized spacial score (nSPS) is 18.6. The van der Waals surface area contributed by atoms with Crippen molar-refractivity contribution in [3.8, 4) is 0 Å². The van der Waals surface area contributed by atoms with E-state index in [1.165, 1.54) is 4.90 Å². The number of benzene rings is 3. The topological polar surface area (TPSA) is 112 Å². The number of aryl methyl sites for hydroxylation is 1. The second kappa shape index (κ2) is 8.88. The van der Waals surface area contributed by atoms with Crippen molar-refractivity contribution in [1.82, 2.24) is 14.8 Å². The van der Waals surface area contributed by atoms with Gasteiger partial charge in [0, 0.05) is 37.1 Å². The molecule has 3 aromatic carbocycles. The van der Waals surface area contributed by atoms with Crippen LogP contribution in [0.1, 0.15) is 28.4 Å². The molecule has 5 rings (SSSR count). The summed E-state index contributed by atoms with van der Waals surface area (Å²) in [7, 11) is 1.84. The first-order valence-corrected chi connectivity index (χ1v) is 11.4. The summed E-state index contributed by atoms with van der Waals surface area (Å²) in [6.07, 6.45) is 0.863. The lowest BCUT2D eigenvalue weighted by Crippen LogP contribution is -2.48. The highest BCUT2D eigenvalue weighted by Gasteiger charge is 2.41. The molecule has 1 fully saturated rings. The number of carbonyl (C=O) groups is 3. The molecular weight excluding hydrogens is 446 g/mol. The number of carboxylic acids is 1. The Balaban J connectivity index is 1.42. The summed E-state index contributed by atoms with van der Waals surface area (Å²) >= 11 is 0. The number of nitrogens with one attached hydrogen (secondary N) is 1. The van der Waals surface area contributed by atoms with E-state index < -0.39 is 30.1 Å². The molecule has 0 spiro atoms. The number of para-hydroxylation sites is 1. The van der Waals surface area contributed by atoms with Crippen LogP contribution in [0.25, 0.3) is 21.7 Å². The second-order valence-corrected chi connectivity index (χ2v) is 8.92. The van der Waals surface area contributed by atoms with Crippen LogP contribution in [-0.4, -0.2) is 56.2 Å². The van der Waals surface area contributed by atoms with Crippen molar-refractivity contribution in [2.45, 2.75) is 24.6 Å². The molecule has 1 aromatic heterocycles. The van der Waals surface area contributed by atoms with E-state index in [0.29, 0.717) is 11.1 Å². The molecule has 0 aliphatic carbocycles. The standard InChI is InChI=1S/C27H25N3O5/c1-29-15-21(20-8-4-5-9-22(20)29)26(33)30-14-19(31)13-23(30)25(32)28-24(27(34)35)18-11-10-16-6-2-3-7-17(16)12-18/h2-12,15,19,23-24,31H,13-14H2,1H3,(H,28,32)(H,34,35). The van der Waals surface area contributed by atoms with Gasteiger partial charge >= 0.3 is 5.97 Å². The van der Waals surface area contributed by atoms with E-state index in [1.807, 2.05) is 66.2 Å². The number of amides is 2. The number of carbonyl (C=O) groups excluding carboxylic acids is 2. The number of aliphatic hydroxyl groups is 1. The SMILES string of the molecule is Cn1cc(C(=O)N2CC(O)CC2C(=O)NC(C(=O)O)c2ccc3ccccc3c2)c2ccccc21. The Kier molecular flexibility index (Phi) is 5.74. The van der Waals surface area contributed by atoms with Gasteiger partial charge < -0.3 is 25.0 Å². The zero-order valence-electron chi connectivity index (χ0n) is 19.1. The van der Waals surface area contributed by atoms with Crippen LogP contribution >= 0.6 is 0 Å². The lowest BCUT2D eigenvalue weighted by Gasteiger charge is -2.25. The fourth-order valence-electron chi connectivity index (χ4n) is 4.87. The van der Waals surface area contributed by atoms with Crippen molar-refractivity contribution in [3.05, 3.63) is 84.1 Å². The monoisotopic (exact) mass is 471 g/mol. The highest BCUT2D eigenvalue weighted by Crippen LogP contribution is 2.27. The zero-order valence-corrected chi connectivity index (χ0v) is 19.1. The molecule has 178 valence electrons. The number of hydrogen-bond donors (Lipinski definition) is 3. The predicted octanol–water partition coefficient (Wildman–Crippen LogP) is 2.85. The molecule has 0 radical (unpaired) electrons. The number of rotatable bonds is 5. The Morgan fingerprint density at radius 1 is 1.00 bits per heavy atom. The van der Waals surface area contributed by atoms with Gasteiger partial charge in [-0.1, -0.05) is 54.6 Å². The molecular formula is C27H25N3O5. The fourth-order valence-corrected chi connectivity index (χ4v) is 4.87. The molecule has 1 aliphatic rings. The average molecular weight is 472 g/mol. The van der Waals surface area contributed by atoms with Crippen LogP contribution in [0.2, 0.25) is 0 Å². The number of aliphatic hydroxyl groups excluding tert-OH is 1. The minimum absolute atomic E-state index is 0.00610. The molecule has 0 bridgehead atoms. The van der Waals surface area contributed by atoms with Gasteiger partial charge in [0.15, 0.2) is 6.04 Å². The van der Waals surface area contributed by atoms with Crippen LogP contribution < -0.4 is 5.32 Å². The largest absolute Gasteiger partial charge is 0.479 e. The molecule has 2 heterocycles. The van der Waals surface area contributed by atoms with E-state index in [1.54, 1.807) is 18.3 Å². The van der Waals surface area contributed by atoms with E-state index in [2.05, 4.69) is 5.32 Å². The van der Waals surface area contributed by atoms with Gasteiger partial charge in [0.05, 0.1) is 11.7 Å². The minimum Gasteiger partial charge on any atom is -0.479 e. The van der Waals surface area contributed by atoms with Crippen molar-refractivity contribution in [2.24, 2.45) is 7.05 Å². The Labute approximate surface area is 201 Å². The molecule has 8 nitrogen and oxygen atoms in total. The second-order valence-electron chi connectivity index (χ2n) is 8.92. The van der Waals surface area contributed by atoms with Crippen LogP contribution in [0.5, 0.6) is 0 Å². The molecule has 35 heavy (non-hydrogen) atoms. The molecule has 3 atom stereocenters. The first kappa shape index (κ1) is 22.6. The van der Waals surface area contributed by atoms with Gasteiger partial charge in [0.2, 0.25) is 5.91 Å². The summed E-state index contributed by atoms with van der Waals surface area (Å²) in [5.41, 5.74) is 1.73. The Morgan fingerprint density at radius 3 is 2.49 bits per heavy atom. The molecule has 4 aromatic rings. The van der Waals surface area contributed by atoms with Crippen molar-refractivity contribution < 1.29 is 24.6 Å². The summed E-state index contributed by atoms with van der Waals surface area (Å²) in [5, 5.41) is 25.3. The van der Waals surface area contributed by atoms with E-state index in [4.69, 9.17) is 0 Å². The number of β-amino-alcohol motifs (C(OH)–C–C–N with tert-alkyl or cyclic N) is 1. The third kappa shape index (κ3) is 4.13. The lowest BCUT2D eigenvalue weighted by atomic mass is 10.0. The summed E-state index contributed by atoms with van der Waals surface area (Å²) in [4.78, 5) is 40.2. The Bertz CT molecular complexity index is 1460.